The third-order valence-electron chi connectivity index (χ3n) is 2.14. The Hall–Kier alpha value is -2.18. The highest BCUT2D eigenvalue weighted by Crippen LogP contribution is 2.27. The van der Waals surface area contributed by atoms with Gasteiger partial charge < -0.3 is 0 Å². The summed E-state index contributed by atoms with van der Waals surface area (Å²) in [6.45, 7) is 0. The molecule has 0 aromatic heterocycles. The smallest absolute Gasteiger partial charge is 0.259 e. The third-order valence-corrected chi connectivity index (χ3v) is 2.14. The number of benzene rings is 1. The van der Waals surface area contributed by atoms with Gasteiger partial charge in [-0.2, -0.15) is 0 Å². The molecule has 0 saturated heterocycles. The van der Waals surface area contributed by atoms with Crippen LogP contribution in [0.15, 0.2) is 12.1 Å². The lowest BCUT2D eigenvalue weighted by molar-refractivity contribution is -0.123. The molecule has 1 aliphatic heterocycles. The van der Waals surface area contributed by atoms with E-state index in [1.165, 1.54) is 0 Å². The molecule has 3 nitrogen and oxygen atoms in total. The molecule has 0 saturated carbocycles. The minimum absolute atomic E-state index is 0.0173. The van der Waals surface area contributed by atoms with E-state index in [1.54, 1.807) is 5.32 Å². The number of nitrogens with one attached hydrogen (secondary N) is 1. The van der Waals surface area contributed by atoms with Crippen LogP contribution in [0.1, 0.15) is 5.56 Å². The van der Waals surface area contributed by atoms with Gasteiger partial charge in [-0.25, -0.2) is 17.6 Å². The molecule has 1 heterocycles. The predicted molar refractivity (Wildman–Crippen MR) is 47.4 cm³/mol. The lowest BCUT2D eigenvalue weighted by atomic mass is 10.0. The maximum atomic E-state index is 13.3. The molecule has 2 amide bonds. The Bertz CT molecular complexity index is 554. The van der Waals surface area contributed by atoms with Crippen molar-refractivity contribution in [2.24, 2.45) is 0 Å². The summed E-state index contributed by atoms with van der Waals surface area (Å²) in [5.41, 5.74) is -1.94. The van der Waals surface area contributed by atoms with E-state index in [-0.39, 0.29) is 6.07 Å². The van der Waals surface area contributed by atoms with Crippen molar-refractivity contribution in [3.05, 3.63) is 41.0 Å². The molecule has 1 aliphatic rings. The molecule has 7 heteroatoms. The molecule has 0 atom stereocenters. The first-order valence-corrected chi connectivity index (χ1v) is 4.32. The first-order valence-electron chi connectivity index (χ1n) is 4.32. The zero-order valence-electron chi connectivity index (χ0n) is 7.98. The molecule has 0 aliphatic carbocycles. The van der Waals surface area contributed by atoms with E-state index in [4.69, 9.17) is 0 Å². The van der Waals surface area contributed by atoms with E-state index in [1.807, 2.05) is 0 Å². The first kappa shape index (κ1) is 11.3. The second-order valence-corrected chi connectivity index (χ2v) is 3.22. The van der Waals surface area contributed by atoms with Crippen molar-refractivity contribution >= 4 is 17.4 Å². The van der Waals surface area contributed by atoms with Gasteiger partial charge in [0.05, 0.1) is 11.1 Å². The van der Waals surface area contributed by atoms with Crippen molar-refractivity contribution < 1.29 is 27.2 Å². The largest absolute Gasteiger partial charge is 0.289 e. The van der Waals surface area contributed by atoms with Gasteiger partial charge in [-0.3, -0.25) is 14.9 Å². The molecule has 17 heavy (non-hydrogen) atoms. The summed E-state index contributed by atoms with van der Waals surface area (Å²) >= 11 is 0. The zero-order valence-corrected chi connectivity index (χ0v) is 7.98. The summed E-state index contributed by atoms with van der Waals surface area (Å²) in [5.74, 6) is -8.76. The lowest BCUT2D eigenvalue weighted by Crippen LogP contribution is -2.22. The molecule has 0 unspecified atom stereocenters. The molecule has 0 spiro atoms. The zero-order chi connectivity index (χ0) is 12.7. The van der Waals surface area contributed by atoms with E-state index >= 15 is 0 Å². The van der Waals surface area contributed by atoms with Gasteiger partial charge in [0, 0.05) is 12.1 Å². The van der Waals surface area contributed by atoms with Crippen LogP contribution in [-0.2, 0) is 9.59 Å². The minimum atomic E-state index is -1.72. The fourth-order valence-corrected chi connectivity index (χ4v) is 1.41. The highest BCUT2D eigenvalue weighted by molar-refractivity contribution is 6.33. The van der Waals surface area contributed by atoms with Crippen LogP contribution in [0.3, 0.4) is 0 Å². The highest BCUT2D eigenvalue weighted by Gasteiger charge is 2.30. The molecular formula is C10H3F4NO2. The molecule has 0 fully saturated rings. The number of halogens is 4. The van der Waals surface area contributed by atoms with Crippen molar-refractivity contribution in [2.75, 3.05) is 0 Å². The van der Waals surface area contributed by atoms with Crippen molar-refractivity contribution in [1.29, 1.82) is 0 Å². The summed E-state index contributed by atoms with van der Waals surface area (Å²) in [5, 5.41) is 1.71. The van der Waals surface area contributed by atoms with E-state index in [0.717, 1.165) is 0 Å². The average Bonchev–Trinajstić information content (AvgIpc) is 2.56. The maximum absolute atomic E-state index is 13.3. The van der Waals surface area contributed by atoms with Crippen molar-refractivity contribution in [1.82, 2.24) is 5.32 Å². The molecule has 0 bridgehead atoms. The van der Waals surface area contributed by atoms with Gasteiger partial charge in [-0.1, -0.05) is 0 Å². The second-order valence-electron chi connectivity index (χ2n) is 3.22. The van der Waals surface area contributed by atoms with Gasteiger partial charge in [0.1, 0.15) is 0 Å². The van der Waals surface area contributed by atoms with Crippen molar-refractivity contribution in [2.45, 2.75) is 0 Å². The van der Waals surface area contributed by atoms with Gasteiger partial charge in [0.2, 0.25) is 0 Å². The van der Waals surface area contributed by atoms with E-state index in [9.17, 15) is 27.2 Å². The monoisotopic (exact) mass is 245 g/mol. The van der Waals surface area contributed by atoms with Crippen LogP contribution < -0.4 is 5.32 Å². The number of amides is 2. The number of rotatable bonds is 1. The Kier molecular flexibility index (Phi) is 2.45. The van der Waals surface area contributed by atoms with Crippen molar-refractivity contribution in [3.63, 3.8) is 0 Å². The number of imide groups is 1. The van der Waals surface area contributed by atoms with Crippen LogP contribution in [0, 0.1) is 23.3 Å². The Balaban J connectivity index is 2.72. The molecule has 1 aromatic rings. The molecule has 88 valence electrons. The Morgan fingerprint density at radius 3 is 1.88 bits per heavy atom. The third kappa shape index (κ3) is 1.69. The van der Waals surface area contributed by atoms with Crippen LogP contribution in [-0.4, -0.2) is 11.8 Å². The van der Waals surface area contributed by atoms with Gasteiger partial charge in [0.25, 0.3) is 11.8 Å². The summed E-state index contributed by atoms with van der Waals surface area (Å²) in [4.78, 5) is 21.9. The van der Waals surface area contributed by atoms with Gasteiger partial charge in [0.15, 0.2) is 23.3 Å². The predicted octanol–water partition coefficient (Wildman–Crippen LogP) is 1.28. The van der Waals surface area contributed by atoms with Crippen molar-refractivity contribution in [3.8, 4) is 0 Å². The number of carbonyl (C=O) groups excluding carboxylic acids is 2. The average molecular weight is 245 g/mol. The fraction of sp³-hybridized carbons (Fsp3) is 0. The maximum Gasteiger partial charge on any atom is 0.259 e. The normalized spacial score (nSPS) is 14.9. The number of hydrogen-bond acceptors (Lipinski definition) is 2. The summed E-state index contributed by atoms with van der Waals surface area (Å²) in [7, 11) is 0. The number of hydrogen-bond donors (Lipinski definition) is 1. The Morgan fingerprint density at radius 2 is 1.47 bits per heavy atom. The fourth-order valence-electron chi connectivity index (χ4n) is 1.41. The Morgan fingerprint density at radius 1 is 0.941 bits per heavy atom. The van der Waals surface area contributed by atoms with Crippen LogP contribution in [0.4, 0.5) is 17.6 Å². The van der Waals surface area contributed by atoms with Crippen LogP contribution in [0.2, 0.25) is 0 Å². The molecule has 2 rings (SSSR count). The minimum Gasteiger partial charge on any atom is -0.289 e. The summed E-state index contributed by atoms with van der Waals surface area (Å²) < 4.78 is 52.3. The number of carbonyl (C=O) groups is 2. The Labute approximate surface area is 91.7 Å². The summed E-state index contributed by atoms with van der Waals surface area (Å²) in [6.07, 6.45) is 0.572. The topological polar surface area (TPSA) is 46.2 Å². The van der Waals surface area contributed by atoms with Crippen LogP contribution >= 0.6 is 0 Å². The molecule has 1 aromatic carbocycles. The SMILES string of the molecule is O=C1C=C(c2c(F)c(F)cc(F)c2F)C(=O)N1. The highest BCUT2D eigenvalue weighted by atomic mass is 19.2. The quantitative estimate of drug-likeness (QED) is 0.460. The van der Waals surface area contributed by atoms with Crippen LogP contribution in [0.25, 0.3) is 5.57 Å². The standard InChI is InChI=1S/C10H3F4NO2/c11-4-2-5(12)9(14)7(8(4)13)3-1-6(16)15-10(3)17/h1-2H,(H,15,16,17). The second kappa shape index (κ2) is 3.69. The lowest BCUT2D eigenvalue weighted by Gasteiger charge is -2.05. The molecular weight excluding hydrogens is 242 g/mol. The summed E-state index contributed by atoms with van der Waals surface area (Å²) in [6, 6.07) is 0.0173. The van der Waals surface area contributed by atoms with Gasteiger partial charge in [-0.15, -0.1) is 0 Å². The van der Waals surface area contributed by atoms with E-state index in [0.29, 0.717) is 6.08 Å². The van der Waals surface area contributed by atoms with E-state index < -0.39 is 46.2 Å². The molecule has 1 N–H and O–H groups in total. The first-order chi connectivity index (χ1) is 7.91. The van der Waals surface area contributed by atoms with Gasteiger partial charge >= 0.3 is 0 Å². The van der Waals surface area contributed by atoms with E-state index in [2.05, 4.69) is 0 Å². The van der Waals surface area contributed by atoms with Gasteiger partial charge in [-0.05, 0) is 0 Å². The van der Waals surface area contributed by atoms with Crippen LogP contribution in [0.5, 0.6) is 0 Å². The molecule has 0 radical (unpaired) electrons.